The number of rotatable bonds is 5. The minimum absolute atomic E-state index is 0.360. The summed E-state index contributed by atoms with van der Waals surface area (Å²) in [5.41, 5.74) is 3.25. The lowest BCUT2D eigenvalue weighted by atomic mass is 10.1. The van der Waals surface area contributed by atoms with Gasteiger partial charge in [0, 0.05) is 36.6 Å². The summed E-state index contributed by atoms with van der Waals surface area (Å²) in [6.45, 7) is 3.24. The van der Waals surface area contributed by atoms with Crippen molar-refractivity contribution in [2.24, 2.45) is 4.99 Å². The van der Waals surface area contributed by atoms with Crippen LogP contribution in [0, 0.1) is 0 Å². The third-order valence-corrected chi connectivity index (χ3v) is 4.23. The molecule has 0 aliphatic carbocycles. The highest BCUT2D eigenvalue weighted by atomic mass is 16.5. The molecule has 2 aromatic carbocycles. The number of anilines is 1. The normalized spacial score (nSPS) is 14.5. The summed E-state index contributed by atoms with van der Waals surface area (Å²) in [6.07, 6.45) is 1.76. The van der Waals surface area contributed by atoms with Gasteiger partial charge < -0.3 is 19.1 Å². The number of benzene rings is 2. The van der Waals surface area contributed by atoms with Crippen LogP contribution in [0.3, 0.4) is 0 Å². The first-order valence-electron chi connectivity index (χ1n) is 8.44. The van der Waals surface area contributed by atoms with E-state index in [1.165, 1.54) is 7.11 Å². The van der Waals surface area contributed by atoms with Gasteiger partial charge in [0.2, 0.25) is 0 Å². The van der Waals surface area contributed by atoms with Gasteiger partial charge in [0.15, 0.2) is 0 Å². The number of carbonyl (C=O) groups excluding carboxylic acids is 1. The number of carbonyl (C=O) groups is 1. The minimum atomic E-state index is -0.360. The fraction of sp³-hybridized carbons (Fsp3) is 0.300. The van der Waals surface area contributed by atoms with E-state index in [9.17, 15) is 4.79 Å². The van der Waals surface area contributed by atoms with E-state index in [4.69, 9.17) is 14.2 Å². The van der Waals surface area contributed by atoms with Gasteiger partial charge >= 0.3 is 5.97 Å². The van der Waals surface area contributed by atoms with Gasteiger partial charge in [-0.3, -0.25) is 4.99 Å². The maximum absolute atomic E-state index is 11.5. The van der Waals surface area contributed by atoms with Gasteiger partial charge in [0.1, 0.15) is 5.75 Å². The largest absolute Gasteiger partial charge is 0.496 e. The van der Waals surface area contributed by atoms with E-state index in [2.05, 4.69) is 16.0 Å². The van der Waals surface area contributed by atoms with E-state index >= 15 is 0 Å². The Bertz CT molecular complexity index is 781. The first kappa shape index (κ1) is 17.9. The van der Waals surface area contributed by atoms with Crippen molar-refractivity contribution in [1.29, 1.82) is 0 Å². The van der Waals surface area contributed by atoms with Crippen molar-refractivity contribution in [3.8, 4) is 5.75 Å². The number of hydrogen-bond donors (Lipinski definition) is 0. The van der Waals surface area contributed by atoms with Gasteiger partial charge in [-0.15, -0.1) is 0 Å². The second-order valence-corrected chi connectivity index (χ2v) is 5.82. The third-order valence-electron chi connectivity index (χ3n) is 4.23. The summed E-state index contributed by atoms with van der Waals surface area (Å²) in [5.74, 6) is 0.407. The van der Waals surface area contributed by atoms with E-state index in [-0.39, 0.29) is 5.97 Å². The van der Waals surface area contributed by atoms with Crippen molar-refractivity contribution in [3.05, 3.63) is 53.6 Å². The first-order chi connectivity index (χ1) is 12.7. The van der Waals surface area contributed by atoms with Crippen molar-refractivity contribution in [2.75, 3.05) is 45.4 Å². The topological polar surface area (TPSA) is 60.4 Å². The molecule has 2 aromatic rings. The average Bonchev–Trinajstić information content (AvgIpc) is 2.72. The summed E-state index contributed by atoms with van der Waals surface area (Å²) in [4.78, 5) is 18.2. The molecular formula is C20H22N2O4. The van der Waals surface area contributed by atoms with Gasteiger partial charge in [0.05, 0.1) is 38.7 Å². The predicted octanol–water partition coefficient (Wildman–Crippen LogP) is 3.07. The third kappa shape index (κ3) is 4.21. The number of ether oxygens (including phenoxy) is 3. The quantitative estimate of drug-likeness (QED) is 0.610. The number of morpholine rings is 1. The Labute approximate surface area is 153 Å². The first-order valence-corrected chi connectivity index (χ1v) is 8.44. The van der Waals surface area contributed by atoms with Crippen molar-refractivity contribution < 1.29 is 19.0 Å². The highest BCUT2D eigenvalue weighted by Gasteiger charge is 2.13. The van der Waals surface area contributed by atoms with Crippen LogP contribution in [-0.4, -0.2) is 52.7 Å². The molecule has 0 amide bonds. The molecule has 1 aliphatic rings. The van der Waals surface area contributed by atoms with Crippen LogP contribution in [0.1, 0.15) is 15.9 Å². The molecule has 26 heavy (non-hydrogen) atoms. The molecule has 1 aliphatic heterocycles. The fourth-order valence-corrected chi connectivity index (χ4v) is 2.77. The van der Waals surface area contributed by atoms with Gasteiger partial charge in [-0.2, -0.15) is 0 Å². The number of aliphatic imine (C=N–C) groups is 1. The molecule has 6 nitrogen and oxygen atoms in total. The molecule has 1 saturated heterocycles. The van der Waals surface area contributed by atoms with Crippen LogP contribution >= 0.6 is 0 Å². The van der Waals surface area contributed by atoms with E-state index in [0.29, 0.717) is 5.56 Å². The Balaban J connectivity index is 1.76. The van der Waals surface area contributed by atoms with Gasteiger partial charge in [0.25, 0.3) is 0 Å². The van der Waals surface area contributed by atoms with Crippen LogP contribution < -0.4 is 9.64 Å². The van der Waals surface area contributed by atoms with Crippen molar-refractivity contribution >= 4 is 23.6 Å². The molecule has 0 saturated carbocycles. The lowest BCUT2D eigenvalue weighted by molar-refractivity contribution is 0.0601. The summed E-state index contributed by atoms with van der Waals surface area (Å²) in [5, 5.41) is 0. The molecule has 0 radical (unpaired) electrons. The fourth-order valence-electron chi connectivity index (χ4n) is 2.77. The molecule has 136 valence electrons. The molecule has 0 unspecified atom stereocenters. The van der Waals surface area contributed by atoms with Crippen LogP contribution in [0.5, 0.6) is 5.75 Å². The van der Waals surface area contributed by atoms with Crippen molar-refractivity contribution in [2.45, 2.75) is 0 Å². The molecule has 6 heteroatoms. The second kappa shape index (κ2) is 8.49. The highest BCUT2D eigenvalue weighted by molar-refractivity contribution is 5.90. The summed E-state index contributed by atoms with van der Waals surface area (Å²) >= 11 is 0. The zero-order chi connectivity index (χ0) is 18.4. The minimum Gasteiger partial charge on any atom is -0.496 e. The number of hydrogen-bond acceptors (Lipinski definition) is 6. The molecule has 0 aromatic heterocycles. The maximum Gasteiger partial charge on any atom is 0.337 e. The Morgan fingerprint density at radius 2 is 1.85 bits per heavy atom. The Hall–Kier alpha value is -2.86. The van der Waals surface area contributed by atoms with Crippen molar-refractivity contribution in [3.63, 3.8) is 0 Å². The molecule has 0 bridgehead atoms. The molecule has 1 fully saturated rings. The molecule has 1 heterocycles. The van der Waals surface area contributed by atoms with Crippen LogP contribution in [0.4, 0.5) is 11.4 Å². The highest BCUT2D eigenvalue weighted by Crippen LogP contribution is 2.26. The van der Waals surface area contributed by atoms with Crippen LogP contribution in [0.2, 0.25) is 0 Å². The standard InChI is InChI=1S/C20H22N2O4/c1-24-19-13-18(22-9-11-26-12-10-22)8-5-16(19)14-21-17-6-3-15(4-7-17)20(23)25-2/h3-8,13-14H,9-12H2,1-2H3. The zero-order valence-corrected chi connectivity index (χ0v) is 15.0. The molecule has 0 N–H and O–H groups in total. The number of nitrogens with zero attached hydrogens (tertiary/aromatic N) is 2. The summed E-state index contributed by atoms with van der Waals surface area (Å²) < 4.78 is 15.6. The summed E-state index contributed by atoms with van der Waals surface area (Å²) in [6, 6.07) is 13.0. The lowest BCUT2D eigenvalue weighted by Gasteiger charge is -2.29. The number of esters is 1. The monoisotopic (exact) mass is 354 g/mol. The SMILES string of the molecule is COC(=O)c1ccc(N=Cc2ccc(N3CCOCC3)cc2OC)cc1. The van der Waals surface area contributed by atoms with E-state index in [1.54, 1.807) is 37.6 Å². The summed E-state index contributed by atoms with van der Waals surface area (Å²) in [7, 11) is 3.02. The van der Waals surface area contributed by atoms with Crippen LogP contribution in [0.15, 0.2) is 47.5 Å². The van der Waals surface area contributed by atoms with E-state index in [1.807, 2.05) is 12.1 Å². The second-order valence-electron chi connectivity index (χ2n) is 5.82. The smallest absolute Gasteiger partial charge is 0.337 e. The van der Waals surface area contributed by atoms with Crippen LogP contribution in [-0.2, 0) is 9.47 Å². The predicted molar refractivity (Wildman–Crippen MR) is 101 cm³/mol. The van der Waals surface area contributed by atoms with Crippen LogP contribution in [0.25, 0.3) is 0 Å². The molecule has 3 rings (SSSR count). The maximum atomic E-state index is 11.5. The Morgan fingerprint density at radius 3 is 2.50 bits per heavy atom. The molecular weight excluding hydrogens is 332 g/mol. The number of methoxy groups -OCH3 is 2. The Morgan fingerprint density at radius 1 is 1.12 bits per heavy atom. The average molecular weight is 354 g/mol. The molecule has 0 spiro atoms. The van der Waals surface area contributed by atoms with Crippen molar-refractivity contribution in [1.82, 2.24) is 0 Å². The Kier molecular flexibility index (Phi) is 5.86. The lowest BCUT2D eigenvalue weighted by Crippen LogP contribution is -2.36. The van der Waals surface area contributed by atoms with E-state index in [0.717, 1.165) is 49.0 Å². The van der Waals surface area contributed by atoms with Gasteiger partial charge in [-0.1, -0.05) is 0 Å². The zero-order valence-electron chi connectivity index (χ0n) is 15.0. The van der Waals surface area contributed by atoms with Gasteiger partial charge in [-0.05, 0) is 36.4 Å². The molecule has 0 atom stereocenters. The van der Waals surface area contributed by atoms with E-state index < -0.39 is 0 Å². The van der Waals surface area contributed by atoms with Gasteiger partial charge in [-0.25, -0.2) is 4.79 Å².